The Morgan fingerprint density at radius 2 is 1.96 bits per heavy atom. The number of ether oxygens (including phenoxy) is 1. The van der Waals surface area contributed by atoms with Crippen LogP contribution < -0.4 is 5.32 Å². The van der Waals surface area contributed by atoms with Gasteiger partial charge < -0.3 is 10.1 Å². The molecule has 0 saturated heterocycles. The van der Waals surface area contributed by atoms with E-state index in [2.05, 4.69) is 10.3 Å². The number of hydrogen-bond acceptors (Lipinski definition) is 6. The van der Waals surface area contributed by atoms with E-state index in [1.165, 1.54) is 30.3 Å². The highest BCUT2D eigenvalue weighted by Gasteiger charge is 2.18. The number of nitrogens with one attached hydrogen (secondary N) is 1. The maximum Gasteiger partial charge on any atom is 0.356 e. The van der Waals surface area contributed by atoms with Crippen LogP contribution in [-0.4, -0.2) is 28.4 Å². The van der Waals surface area contributed by atoms with Crippen LogP contribution >= 0.6 is 0 Å². The Hall–Kier alpha value is -3.29. The fraction of sp³-hybridized carbons (Fsp3) is 0.188. The molecule has 1 heterocycles. The summed E-state index contributed by atoms with van der Waals surface area (Å²) >= 11 is 0. The van der Waals surface area contributed by atoms with Crippen LogP contribution in [0.5, 0.6) is 0 Å². The molecule has 0 aliphatic carbocycles. The van der Waals surface area contributed by atoms with Gasteiger partial charge in [-0.25, -0.2) is 9.78 Å². The van der Waals surface area contributed by atoms with Crippen LogP contribution in [0, 0.1) is 17.0 Å². The van der Waals surface area contributed by atoms with Crippen molar-refractivity contribution < 1.29 is 19.2 Å². The molecule has 1 aromatic carbocycles. The molecule has 2 aromatic rings. The van der Waals surface area contributed by atoms with Crippen LogP contribution in [0.2, 0.25) is 0 Å². The Labute approximate surface area is 137 Å². The summed E-state index contributed by atoms with van der Waals surface area (Å²) in [5, 5.41) is 13.5. The zero-order chi connectivity index (χ0) is 17.7. The van der Waals surface area contributed by atoms with E-state index in [0.717, 1.165) is 0 Å². The van der Waals surface area contributed by atoms with Gasteiger partial charge in [0.1, 0.15) is 17.1 Å². The molecule has 0 spiro atoms. The topological polar surface area (TPSA) is 111 Å². The predicted molar refractivity (Wildman–Crippen MR) is 86.0 cm³/mol. The summed E-state index contributed by atoms with van der Waals surface area (Å²) < 4.78 is 4.82. The largest absolute Gasteiger partial charge is 0.461 e. The quantitative estimate of drug-likeness (QED) is 0.513. The molecule has 1 N–H and O–H groups in total. The third kappa shape index (κ3) is 3.92. The van der Waals surface area contributed by atoms with E-state index in [1.807, 2.05) is 0 Å². The van der Waals surface area contributed by atoms with E-state index in [0.29, 0.717) is 5.56 Å². The number of carbonyl (C=O) groups is 2. The third-order valence-electron chi connectivity index (χ3n) is 3.06. The van der Waals surface area contributed by atoms with E-state index in [4.69, 9.17) is 4.74 Å². The van der Waals surface area contributed by atoms with Crippen molar-refractivity contribution in [1.29, 1.82) is 0 Å². The second-order valence-electron chi connectivity index (χ2n) is 4.86. The van der Waals surface area contributed by atoms with Crippen molar-refractivity contribution in [2.45, 2.75) is 13.8 Å². The molecule has 8 heteroatoms. The number of anilines is 1. The van der Waals surface area contributed by atoms with Gasteiger partial charge in [0.15, 0.2) is 0 Å². The van der Waals surface area contributed by atoms with E-state index >= 15 is 0 Å². The summed E-state index contributed by atoms with van der Waals surface area (Å²) in [4.78, 5) is 38.3. The number of rotatable bonds is 5. The molecule has 1 amide bonds. The Morgan fingerprint density at radius 3 is 2.62 bits per heavy atom. The van der Waals surface area contributed by atoms with Crippen LogP contribution in [0.25, 0.3) is 0 Å². The average Bonchev–Trinajstić information content (AvgIpc) is 2.56. The number of nitro groups is 1. The average molecular weight is 329 g/mol. The lowest BCUT2D eigenvalue weighted by molar-refractivity contribution is -0.384. The van der Waals surface area contributed by atoms with Crippen LogP contribution in [0.1, 0.15) is 33.5 Å². The van der Waals surface area contributed by atoms with Gasteiger partial charge in [0, 0.05) is 6.07 Å². The van der Waals surface area contributed by atoms with E-state index in [-0.39, 0.29) is 29.4 Å². The molecule has 2 rings (SSSR count). The normalized spacial score (nSPS) is 10.1. The maximum atomic E-state index is 12.3. The lowest BCUT2D eigenvalue weighted by Gasteiger charge is -2.07. The number of carbonyl (C=O) groups excluding carboxylic acids is 2. The highest BCUT2D eigenvalue weighted by Crippen LogP contribution is 2.25. The van der Waals surface area contributed by atoms with Crippen molar-refractivity contribution in [3.05, 3.63) is 63.5 Å². The lowest BCUT2D eigenvalue weighted by atomic mass is 10.2. The first kappa shape index (κ1) is 17.1. The first-order chi connectivity index (χ1) is 11.4. The van der Waals surface area contributed by atoms with Gasteiger partial charge in [0.25, 0.3) is 11.6 Å². The molecule has 124 valence electrons. The molecule has 0 aliphatic rings. The highest BCUT2D eigenvalue weighted by atomic mass is 16.6. The lowest BCUT2D eigenvalue weighted by Crippen LogP contribution is -2.17. The van der Waals surface area contributed by atoms with Crippen molar-refractivity contribution in [2.24, 2.45) is 0 Å². The van der Waals surface area contributed by atoms with E-state index < -0.39 is 16.8 Å². The molecule has 0 aliphatic heterocycles. The Bertz CT molecular complexity index is 804. The summed E-state index contributed by atoms with van der Waals surface area (Å²) in [7, 11) is 0. The van der Waals surface area contributed by atoms with E-state index in [9.17, 15) is 19.7 Å². The number of aromatic nitrogens is 1. The minimum absolute atomic E-state index is 0.0112. The van der Waals surface area contributed by atoms with Gasteiger partial charge >= 0.3 is 5.97 Å². The second-order valence-corrected chi connectivity index (χ2v) is 4.86. The van der Waals surface area contributed by atoms with Crippen LogP contribution in [0.3, 0.4) is 0 Å². The number of esters is 1. The molecule has 0 bridgehead atoms. The number of amides is 1. The minimum atomic E-state index is -0.659. The van der Waals surface area contributed by atoms with Crippen LogP contribution in [0.4, 0.5) is 11.4 Å². The van der Waals surface area contributed by atoms with Crippen molar-refractivity contribution >= 4 is 23.3 Å². The number of nitrogens with zero attached hydrogens (tertiary/aromatic N) is 2. The zero-order valence-corrected chi connectivity index (χ0v) is 13.1. The number of aryl methyl sites for hydroxylation is 1. The summed E-state index contributed by atoms with van der Waals surface area (Å²) in [6.45, 7) is 3.56. The van der Waals surface area contributed by atoms with Gasteiger partial charge in [0.05, 0.1) is 11.5 Å². The number of pyridine rings is 1. The molecule has 0 saturated carbocycles. The molecule has 0 unspecified atom stereocenters. The number of hydrogen-bond donors (Lipinski definition) is 1. The molecule has 0 fully saturated rings. The standard InChI is InChI=1S/C16H15N3O5/c1-3-24-16(21)13-6-4-5-12(17-13)15(20)18-11-8-7-10(2)9-14(11)19(22)23/h4-9H,3H2,1-2H3,(H,18,20). The second kappa shape index (κ2) is 7.32. The van der Waals surface area contributed by atoms with Gasteiger partial charge in [0.2, 0.25) is 0 Å². The van der Waals surface area contributed by atoms with Crippen molar-refractivity contribution in [3.63, 3.8) is 0 Å². The molecular formula is C16H15N3O5. The van der Waals surface area contributed by atoms with Crippen molar-refractivity contribution in [1.82, 2.24) is 4.98 Å². The molecule has 0 radical (unpaired) electrons. The fourth-order valence-electron chi connectivity index (χ4n) is 1.96. The molecular weight excluding hydrogens is 314 g/mol. The van der Waals surface area contributed by atoms with Gasteiger partial charge in [-0.2, -0.15) is 0 Å². The van der Waals surface area contributed by atoms with Gasteiger partial charge in [-0.1, -0.05) is 12.1 Å². The van der Waals surface area contributed by atoms with Crippen LogP contribution in [-0.2, 0) is 4.74 Å². The van der Waals surface area contributed by atoms with Gasteiger partial charge in [-0.05, 0) is 37.6 Å². The van der Waals surface area contributed by atoms with Gasteiger partial charge in [-0.15, -0.1) is 0 Å². The molecule has 24 heavy (non-hydrogen) atoms. The fourth-order valence-corrected chi connectivity index (χ4v) is 1.96. The zero-order valence-electron chi connectivity index (χ0n) is 13.1. The highest BCUT2D eigenvalue weighted by molar-refractivity contribution is 6.04. The summed E-state index contributed by atoms with van der Waals surface area (Å²) in [6.07, 6.45) is 0. The number of benzene rings is 1. The Balaban J connectivity index is 2.26. The summed E-state index contributed by atoms with van der Waals surface area (Å²) in [6, 6.07) is 8.75. The minimum Gasteiger partial charge on any atom is -0.461 e. The monoisotopic (exact) mass is 329 g/mol. The molecule has 0 atom stereocenters. The molecule has 8 nitrogen and oxygen atoms in total. The number of nitro benzene ring substituents is 1. The van der Waals surface area contributed by atoms with Crippen LogP contribution in [0.15, 0.2) is 36.4 Å². The summed E-state index contributed by atoms with van der Waals surface area (Å²) in [5.41, 5.74) is 0.476. The van der Waals surface area contributed by atoms with Crippen molar-refractivity contribution in [2.75, 3.05) is 11.9 Å². The smallest absolute Gasteiger partial charge is 0.356 e. The Morgan fingerprint density at radius 1 is 1.25 bits per heavy atom. The van der Waals surface area contributed by atoms with Gasteiger partial charge in [-0.3, -0.25) is 14.9 Å². The van der Waals surface area contributed by atoms with Crippen molar-refractivity contribution in [3.8, 4) is 0 Å². The Kier molecular flexibility index (Phi) is 5.20. The molecule has 1 aromatic heterocycles. The maximum absolute atomic E-state index is 12.3. The first-order valence-electron chi connectivity index (χ1n) is 7.13. The summed E-state index contributed by atoms with van der Waals surface area (Å²) in [5.74, 6) is -1.30. The van der Waals surface area contributed by atoms with E-state index in [1.54, 1.807) is 19.9 Å². The third-order valence-corrected chi connectivity index (χ3v) is 3.06. The predicted octanol–water partition coefficient (Wildman–Crippen LogP) is 2.73. The first-order valence-corrected chi connectivity index (χ1v) is 7.13. The SMILES string of the molecule is CCOC(=O)c1cccc(C(=O)Nc2ccc(C)cc2[N+](=O)[O-])n1.